The predicted molar refractivity (Wildman–Crippen MR) is 86.2 cm³/mol. The van der Waals surface area contributed by atoms with Crippen LogP contribution >= 0.6 is 11.8 Å². The van der Waals surface area contributed by atoms with Crippen molar-refractivity contribution >= 4 is 28.4 Å². The van der Waals surface area contributed by atoms with Crippen molar-refractivity contribution in [3.05, 3.63) is 59.8 Å². The molecule has 0 aliphatic heterocycles. The summed E-state index contributed by atoms with van der Waals surface area (Å²) in [7, 11) is 0. The smallest absolute Gasteiger partial charge is 0.0861 e. The van der Waals surface area contributed by atoms with E-state index in [1.165, 1.54) is 16.0 Å². The van der Waals surface area contributed by atoms with E-state index in [0.29, 0.717) is 0 Å². The summed E-state index contributed by atoms with van der Waals surface area (Å²) in [6.07, 6.45) is 1.81. The number of aryl methyl sites for hydroxylation is 2. The van der Waals surface area contributed by atoms with E-state index in [2.05, 4.69) is 43.1 Å². The lowest BCUT2D eigenvalue weighted by Gasteiger charge is -2.10. The minimum Gasteiger partial charge on any atom is -0.398 e. The van der Waals surface area contributed by atoms with Crippen LogP contribution in [0.3, 0.4) is 0 Å². The number of hydrogen-bond donors (Lipinski definition) is 1. The van der Waals surface area contributed by atoms with Gasteiger partial charge in [0.15, 0.2) is 0 Å². The minimum absolute atomic E-state index is 0.776. The molecule has 3 aromatic rings. The second-order valence-electron chi connectivity index (χ2n) is 4.92. The number of aromatic nitrogens is 1. The van der Waals surface area contributed by atoms with Gasteiger partial charge in [0.25, 0.3) is 0 Å². The van der Waals surface area contributed by atoms with Crippen LogP contribution in [0.1, 0.15) is 11.1 Å². The number of nitrogen functional groups attached to an aromatic ring is 1. The SMILES string of the molecule is Cc1ccc(Sc2ccc(N)c3cccnc23)c(C)c1. The Morgan fingerprint density at radius 3 is 2.60 bits per heavy atom. The quantitative estimate of drug-likeness (QED) is 0.698. The zero-order valence-electron chi connectivity index (χ0n) is 11.6. The molecule has 0 aliphatic carbocycles. The summed E-state index contributed by atoms with van der Waals surface area (Å²) < 4.78 is 0. The summed E-state index contributed by atoms with van der Waals surface area (Å²) in [6.45, 7) is 4.25. The Labute approximate surface area is 123 Å². The fraction of sp³-hybridized carbons (Fsp3) is 0.118. The Kier molecular flexibility index (Phi) is 3.36. The molecule has 0 fully saturated rings. The third-order valence-corrected chi connectivity index (χ3v) is 4.54. The fourth-order valence-electron chi connectivity index (χ4n) is 2.28. The Morgan fingerprint density at radius 2 is 1.80 bits per heavy atom. The molecule has 20 heavy (non-hydrogen) atoms. The number of pyridine rings is 1. The highest BCUT2D eigenvalue weighted by atomic mass is 32.2. The first-order chi connectivity index (χ1) is 9.65. The summed E-state index contributed by atoms with van der Waals surface area (Å²) in [5.41, 5.74) is 10.3. The van der Waals surface area contributed by atoms with Crippen LogP contribution in [0.15, 0.2) is 58.5 Å². The lowest BCUT2D eigenvalue weighted by molar-refractivity contribution is 1.26. The standard InChI is InChI=1S/C17H16N2S/c1-11-5-7-15(12(2)10-11)20-16-8-6-14(18)13-4-3-9-19-17(13)16/h3-10H,18H2,1-2H3. The number of rotatable bonds is 2. The molecule has 100 valence electrons. The van der Waals surface area contributed by atoms with Crippen molar-refractivity contribution in [3.63, 3.8) is 0 Å². The summed E-state index contributed by atoms with van der Waals surface area (Å²) in [5, 5.41) is 1.02. The van der Waals surface area contributed by atoms with Crippen molar-refractivity contribution < 1.29 is 0 Å². The second-order valence-corrected chi connectivity index (χ2v) is 6.01. The molecule has 0 saturated carbocycles. The number of hydrogen-bond acceptors (Lipinski definition) is 3. The van der Waals surface area contributed by atoms with E-state index in [9.17, 15) is 0 Å². The van der Waals surface area contributed by atoms with Crippen molar-refractivity contribution in [2.24, 2.45) is 0 Å². The molecule has 2 N–H and O–H groups in total. The topological polar surface area (TPSA) is 38.9 Å². The van der Waals surface area contributed by atoms with Crippen molar-refractivity contribution in [1.82, 2.24) is 4.98 Å². The van der Waals surface area contributed by atoms with Crippen LogP contribution in [-0.2, 0) is 0 Å². The summed E-state index contributed by atoms with van der Waals surface area (Å²) >= 11 is 1.74. The average molecular weight is 280 g/mol. The third-order valence-electron chi connectivity index (χ3n) is 3.32. The molecule has 0 bridgehead atoms. The van der Waals surface area contributed by atoms with Gasteiger partial charge in [0.05, 0.1) is 5.52 Å². The zero-order valence-corrected chi connectivity index (χ0v) is 12.4. The maximum absolute atomic E-state index is 6.02. The highest BCUT2D eigenvalue weighted by molar-refractivity contribution is 7.99. The van der Waals surface area contributed by atoms with Crippen LogP contribution in [0, 0.1) is 13.8 Å². The van der Waals surface area contributed by atoms with Gasteiger partial charge in [-0.2, -0.15) is 0 Å². The number of nitrogens with two attached hydrogens (primary N) is 1. The lowest BCUT2D eigenvalue weighted by atomic mass is 10.2. The zero-order chi connectivity index (χ0) is 14.1. The molecule has 0 aliphatic rings. The van der Waals surface area contributed by atoms with Crippen LogP contribution in [-0.4, -0.2) is 4.98 Å². The van der Waals surface area contributed by atoms with Crippen molar-refractivity contribution in [2.45, 2.75) is 23.6 Å². The van der Waals surface area contributed by atoms with E-state index < -0.39 is 0 Å². The third kappa shape index (κ3) is 2.37. The predicted octanol–water partition coefficient (Wildman–Crippen LogP) is 4.59. The van der Waals surface area contributed by atoms with Gasteiger partial charge in [-0.15, -0.1) is 0 Å². The molecule has 1 heterocycles. The Bertz CT molecular complexity index is 781. The maximum Gasteiger partial charge on any atom is 0.0861 e. The fourth-order valence-corrected chi connectivity index (χ4v) is 3.27. The summed E-state index contributed by atoms with van der Waals surface area (Å²) in [6, 6.07) is 14.5. The molecule has 0 unspecified atom stereocenters. The molecule has 3 heteroatoms. The molecular formula is C17H16N2S. The monoisotopic (exact) mass is 280 g/mol. The molecule has 3 rings (SSSR count). The van der Waals surface area contributed by atoms with Gasteiger partial charge in [0.1, 0.15) is 0 Å². The molecular weight excluding hydrogens is 264 g/mol. The van der Waals surface area contributed by atoms with E-state index in [4.69, 9.17) is 5.73 Å². The van der Waals surface area contributed by atoms with E-state index in [0.717, 1.165) is 21.5 Å². The minimum atomic E-state index is 0.776. The number of nitrogens with zero attached hydrogens (tertiary/aromatic N) is 1. The van der Waals surface area contributed by atoms with Crippen molar-refractivity contribution in [1.29, 1.82) is 0 Å². The van der Waals surface area contributed by atoms with Gasteiger partial charge in [0.2, 0.25) is 0 Å². The molecule has 0 atom stereocenters. The van der Waals surface area contributed by atoms with E-state index in [1.807, 2.05) is 24.4 Å². The number of benzene rings is 2. The van der Waals surface area contributed by atoms with Gasteiger partial charge >= 0.3 is 0 Å². The molecule has 2 aromatic carbocycles. The lowest BCUT2D eigenvalue weighted by Crippen LogP contribution is -1.90. The first-order valence-electron chi connectivity index (χ1n) is 6.53. The van der Waals surface area contributed by atoms with Crippen LogP contribution in [0.5, 0.6) is 0 Å². The first-order valence-corrected chi connectivity index (χ1v) is 7.35. The highest BCUT2D eigenvalue weighted by Gasteiger charge is 2.08. The Hall–Kier alpha value is -2.00. The number of anilines is 1. The van der Waals surface area contributed by atoms with E-state index in [1.54, 1.807) is 11.8 Å². The van der Waals surface area contributed by atoms with Crippen LogP contribution in [0.2, 0.25) is 0 Å². The van der Waals surface area contributed by atoms with Crippen molar-refractivity contribution in [3.8, 4) is 0 Å². The molecule has 0 spiro atoms. The molecule has 2 nitrogen and oxygen atoms in total. The van der Waals surface area contributed by atoms with Crippen molar-refractivity contribution in [2.75, 3.05) is 5.73 Å². The largest absolute Gasteiger partial charge is 0.398 e. The van der Waals surface area contributed by atoms with E-state index >= 15 is 0 Å². The normalized spacial score (nSPS) is 10.9. The van der Waals surface area contributed by atoms with Gasteiger partial charge in [0, 0.05) is 27.1 Å². The van der Waals surface area contributed by atoms with E-state index in [-0.39, 0.29) is 0 Å². The van der Waals surface area contributed by atoms with Gasteiger partial charge in [-0.1, -0.05) is 29.5 Å². The maximum atomic E-state index is 6.02. The molecule has 1 aromatic heterocycles. The molecule has 0 amide bonds. The van der Waals surface area contributed by atoms with Crippen LogP contribution in [0.25, 0.3) is 10.9 Å². The molecule has 0 saturated heterocycles. The average Bonchev–Trinajstić information content (AvgIpc) is 2.45. The van der Waals surface area contributed by atoms with Crippen LogP contribution in [0.4, 0.5) is 5.69 Å². The van der Waals surface area contributed by atoms with Gasteiger partial charge in [-0.05, 0) is 49.7 Å². The summed E-state index contributed by atoms with van der Waals surface area (Å²) in [5.74, 6) is 0. The molecule has 0 radical (unpaired) electrons. The number of fused-ring (bicyclic) bond motifs is 1. The summed E-state index contributed by atoms with van der Waals surface area (Å²) in [4.78, 5) is 6.88. The van der Waals surface area contributed by atoms with Gasteiger partial charge in [-0.25, -0.2) is 0 Å². The van der Waals surface area contributed by atoms with Gasteiger partial charge < -0.3 is 5.73 Å². The van der Waals surface area contributed by atoms with Crippen LogP contribution < -0.4 is 5.73 Å². The Morgan fingerprint density at radius 1 is 1.00 bits per heavy atom. The Balaban J connectivity index is 2.09. The van der Waals surface area contributed by atoms with Gasteiger partial charge in [-0.3, -0.25) is 4.98 Å². The first kappa shape index (κ1) is 13.0. The second kappa shape index (κ2) is 5.17. The highest BCUT2D eigenvalue weighted by Crippen LogP contribution is 2.36.